The van der Waals surface area contributed by atoms with Crippen LogP contribution in [0.1, 0.15) is 16.7 Å². The van der Waals surface area contributed by atoms with Crippen LogP contribution in [-0.4, -0.2) is 5.11 Å². The summed E-state index contributed by atoms with van der Waals surface area (Å²) in [5.74, 6) is -0.356. The van der Waals surface area contributed by atoms with Gasteiger partial charge in [-0.05, 0) is 40.1 Å². The van der Waals surface area contributed by atoms with E-state index in [9.17, 15) is 4.39 Å². The van der Waals surface area contributed by atoms with E-state index in [4.69, 9.17) is 5.11 Å². The van der Waals surface area contributed by atoms with Crippen LogP contribution >= 0.6 is 11.3 Å². The highest BCUT2D eigenvalue weighted by Crippen LogP contribution is 2.25. The van der Waals surface area contributed by atoms with E-state index < -0.39 is 0 Å². The first-order chi connectivity index (χ1) is 10.3. The van der Waals surface area contributed by atoms with Crippen molar-refractivity contribution in [3.8, 4) is 0 Å². The summed E-state index contributed by atoms with van der Waals surface area (Å²) in [5, 5.41) is 15.9. The molecule has 3 rings (SSSR count). The number of rotatable bonds is 5. The Morgan fingerprint density at radius 3 is 2.76 bits per heavy atom. The Kier molecular flexibility index (Phi) is 4.29. The third kappa shape index (κ3) is 3.13. The molecular formula is C17H16FNOS. The number of thiophene rings is 1. The van der Waals surface area contributed by atoms with E-state index in [2.05, 4.69) is 22.8 Å². The molecule has 2 aromatic carbocycles. The first kappa shape index (κ1) is 14.2. The Labute approximate surface area is 126 Å². The average molecular weight is 301 g/mol. The van der Waals surface area contributed by atoms with Gasteiger partial charge in [0.2, 0.25) is 0 Å². The molecule has 1 aromatic heterocycles. The molecule has 4 heteroatoms. The quantitative estimate of drug-likeness (QED) is 0.751. The van der Waals surface area contributed by atoms with Crippen LogP contribution in [-0.2, 0) is 19.7 Å². The van der Waals surface area contributed by atoms with Crippen molar-refractivity contribution in [2.75, 3.05) is 0 Å². The smallest absolute Gasteiger partial charge is 0.128 e. The Morgan fingerprint density at radius 2 is 1.90 bits per heavy atom. The number of aliphatic hydroxyl groups excluding tert-OH is 1. The highest BCUT2D eigenvalue weighted by Gasteiger charge is 2.04. The van der Waals surface area contributed by atoms with Crippen LogP contribution in [0.3, 0.4) is 0 Å². The Hall–Kier alpha value is -1.75. The van der Waals surface area contributed by atoms with Crippen LogP contribution in [0, 0.1) is 5.82 Å². The Balaban J connectivity index is 1.66. The lowest BCUT2D eigenvalue weighted by Gasteiger charge is -2.07. The maximum Gasteiger partial charge on any atom is 0.128 e. The second-order valence-electron chi connectivity index (χ2n) is 4.94. The molecule has 108 valence electrons. The minimum atomic E-state index is -0.356. The van der Waals surface area contributed by atoms with Crippen LogP contribution < -0.4 is 5.32 Å². The van der Waals surface area contributed by atoms with Gasteiger partial charge in [0.1, 0.15) is 5.82 Å². The van der Waals surface area contributed by atoms with Crippen LogP contribution in [0.2, 0.25) is 0 Å². The van der Waals surface area contributed by atoms with Crippen LogP contribution in [0.15, 0.2) is 47.8 Å². The molecule has 0 fully saturated rings. The van der Waals surface area contributed by atoms with Gasteiger partial charge >= 0.3 is 0 Å². The highest BCUT2D eigenvalue weighted by atomic mass is 32.1. The molecule has 0 saturated carbocycles. The summed E-state index contributed by atoms with van der Waals surface area (Å²) in [4.78, 5) is 0. The molecule has 0 spiro atoms. The molecule has 0 unspecified atom stereocenters. The minimum Gasteiger partial charge on any atom is -0.392 e. The van der Waals surface area contributed by atoms with Crippen molar-refractivity contribution < 1.29 is 9.50 Å². The molecule has 21 heavy (non-hydrogen) atoms. The van der Waals surface area contributed by atoms with Gasteiger partial charge in [0.25, 0.3) is 0 Å². The average Bonchev–Trinajstić information content (AvgIpc) is 2.92. The lowest BCUT2D eigenvalue weighted by molar-refractivity contribution is 0.275. The second-order valence-corrected chi connectivity index (χ2v) is 5.86. The van der Waals surface area contributed by atoms with E-state index in [1.165, 1.54) is 21.7 Å². The molecule has 0 aliphatic carbocycles. The van der Waals surface area contributed by atoms with Crippen molar-refractivity contribution in [2.24, 2.45) is 0 Å². The summed E-state index contributed by atoms with van der Waals surface area (Å²) in [5.41, 5.74) is 2.59. The molecular weight excluding hydrogens is 285 g/mol. The summed E-state index contributed by atoms with van der Waals surface area (Å²) in [6, 6.07) is 13.2. The van der Waals surface area contributed by atoms with Crippen LogP contribution in [0.25, 0.3) is 10.1 Å². The van der Waals surface area contributed by atoms with Gasteiger partial charge < -0.3 is 10.4 Å². The Bertz CT molecular complexity index is 753. The number of aliphatic hydroxyl groups is 1. The van der Waals surface area contributed by atoms with E-state index in [1.54, 1.807) is 23.5 Å². The van der Waals surface area contributed by atoms with Crippen molar-refractivity contribution in [2.45, 2.75) is 19.7 Å². The van der Waals surface area contributed by atoms with Gasteiger partial charge in [-0.2, -0.15) is 0 Å². The maximum absolute atomic E-state index is 13.3. The minimum absolute atomic E-state index is 0.269. The predicted octanol–water partition coefficient (Wildman–Crippen LogP) is 3.82. The summed E-state index contributed by atoms with van der Waals surface area (Å²) in [6.45, 7) is 1.15. The fourth-order valence-corrected chi connectivity index (χ4v) is 3.33. The lowest BCUT2D eigenvalue weighted by atomic mass is 10.1. The SMILES string of the molecule is OCc1cc(CNCc2csc3ccccc23)ccc1F. The number of fused-ring (bicyclic) bond motifs is 1. The zero-order valence-electron chi connectivity index (χ0n) is 11.5. The van der Waals surface area contributed by atoms with Crippen molar-refractivity contribution in [1.29, 1.82) is 0 Å². The fourth-order valence-electron chi connectivity index (χ4n) is 2.37. The van der Waals surface area contributed by atoms with Gasteiger partial charge in [-0.1, -0.05) is 24.3 Å². The van der Waals surface area contributed by atoms with E-state index in [0.717, 1.165) is 12.1 Å². The normalized spacial score (nSPS) is 11.1. The standard InChI is InChI=1S/C17H16FNOS/c18-16-6-5-12(7-13(16)10-20)8-19-9-14-11-21-17-4-2-1-3-15(14)17/h1-7,11,19-20H,8-10H2. The number of hydrogen-bond donors (Lipinski definition) is 2. The molecule has 2 N–H and O–H groups in total. The van der Waals surface area contributed by atoms with E-state index in [0.29, 0.717) is 12.1 Å². The zero-order chi connectivity index (χ0) is 14.7. The molecule has 3 aromatic rings. The van der Waals surface area contributed by atoms with Crippen LogP contribution in [0.5, 0.6) is 0 Å². The van der Waals surface area contributed by atoms with E-state index in [-0.39, 0.29) is 12.4 Å². The molecule has 0 atom stereocenters. The molecule has 0 amide bonds. The van der Waals surface area contributed by atoms with E-state index >= 15 is 0 Å². The van der Waals surface area contributed by atoms with Crippen LogP contribution in [0.4, 0.5) is 4.39 Å². The summed E-state index contributed by atoms with van der Waals surface area (Å²) < 4.78 is 14.6. The maximum atomic E-state index is 13.3. The summed E-state index contributed by atoms with van der Waals surface area (Å²) >= 11 is 1.75. The zero-order valence-corrected chi connectivity index (χ0v) is 12.3. The van der Waals surface area contributed by atoms with Gasteiger partial charge in [0, 0.05) is 23.4 Å². The van der Waals surface area contributed by atoms with Crippen molar-refractivity contribution in [3.05, 3.63) is 70.4 Å². The molecule has 2 nitrogen and oxygen atoms in total. The fraction of sp³-hybridized carbons (Fsp3) is 0.176. The van der Waals surface area contributed by atoms with Gasteiger partial charge in [-0.3, -0.25) is 0 Å². The highest BCUT2D eigenvalue weighted by molar-refractivity contribution is 7.17. The van der Waals surface area contributed by atoms with Gasteiger partial charge in [-0.15, -0.1) is 11.3 Å². The number of benzene rings is 2. The molecule has 0 saturated heterocycles. The van der Waals surface area contributed by atoms with E-state index in [1.807, 2.05) is 12.1 Å². The first-order valence-electron chi connectivity index (χ1n) is 6.82. The number of nitrogens with one attached hydrogen (secondary N) is 1. The summed E-state index contributed by atoms with van der Waals surface area (Å²) in [7, 11) is 0. The topological polar surface area (TPSA) is 32.3 Å². The van der Waals surface area contributed by atoms with Crippen molar-refractivity contribution >= 4 is 21.4 Å². The third-order valence-electron chi connectivity index (χ3n) is 3.49. The molecule has 0 aliphatic heterocycles. The van der Waals surface area contributed by atoms with Gasteiger partial charge in [0.05, 0.1) is 6.61 Å². The lowest BCUT2D eigenvalue weighted by Crippen LogP contribution is -2.12. The Morgan fingerprint density at radius 1 is 1.05 bits per heavy atom. The van der Waals surface area contributed by atoms with Crippen molar-refractivity contribution in [3.63, 3.8) is 0 Å². The second kappa shape index (κ2) is 6.35. The largest absolute Gasteiger partial charge is 0.392 e. The predicted molar refractivity (Wildman–Crippen MR) is 84.7 cm³/mol. The molecule has 0 aliphatic rings. The molecule has 0 radical (unpaired) electrons. The van der Waals surface area contributed by atoms with Gasteiger partial charge in [-0.25, -0.2) is 4.39 Å². The third-order valence-corrected chi connectivity index (χ3v) is 4.50. The molecule has 1 heterocycles. The first-order valence-corrected chi connectivity index (χ1v) is 7.70. The van der Waals surface area contributed by atoms with Crippen molar-refractivity contribution in [1.82, 2.24) is 5.32 Å². The monoisotopic (exact) mass is 301 g/mol. The molecule has 0 bridgehead atoms. The summed E-state index contributed by atoms with van der Waals surface area (Å²) in [6.07, 6.45) is 0. The van der Waals surface area contributed by atoms with Gasteiger partial charge in [0.15, 0.2) is 0 Å². The number of halogens is 1. The number of hydrogen-bond acceptors (Lipinski definition) is 3.